The molecule has 1 aromatic heterocycles. The van der Waals surface area contributed by atoms with Crippen molar-refractivity contribution in [1.29, 1.82) is 0 Å². The molecule has 22 heavy (non-hydrogen) atoms. The molecule has 1 aliphatic heterocycles. The molecular formula is C18H24N2S2. The molecule has 118 valence electrons. The Labute approximate surface area is 142 Å². The van der Waals surface area contributed by atoms with Crippen molar-refractivity contribution in [2.75, 3.05) is 11.5 Å². The van der Waals surface area contributed by atoms with E-state index in [2.05, 4.69) is 71.3 Å². The molecule has 0 spiro atoms. The highest BCUT2D eigenvalue weighted by atomic mass is 32.2. The molecule has 0 radical (unpaired) electrons. The molecule has 2 nitrogen and oxygen atoms in total. The van der Waals surface area contributed by atoms with E-state index < -0.39 is 0 Å². The predicted molar refractivity (Wildman–Crippen MR) is 98.7 cm³/mol. The maximum absolute atomic E-state index is 4.13. The average molecular weight is 333 g/mol. The summed E-state index contributed by atoms with van der Waals surface area (Å²) < 4.78 is 2.57. The van der Waals surface area contributed by atoms with Crippen LogP contribution in [-0.2, 0) is 13.0 Å². The summed E-state index contributed by atoms with van der Waals surface area (Å²) in [4.78, 5) is 4.13. The van der Waals surface area contributed by atoms with Crippen LogP contribution in [0.15, 0.2) is 36.9 Å². The Hall–Kier alpha value is -0.870. The SMILES string of the molecule is Cc1ccc(CC2(CCCn3ccnc3)SCCS2)c(C)c1. The summed E-state index contributed by atoms with van der Waals surface area (Å²) in [6, 6.07) is 6.91. The Balaban J connectivity index is 1.65. The van der Waals surface area contributed by atoms with E-state index in [1.54, 1.807) is 0 Å². The fraction of sp³-hybridized carbons (Fsp3) is 0.500. The molecule has 0 saturated carbocycles. The van der Waals surface area contributed by atoms with Crippen molar-refractivity contribution in [3.05, 3.63) is 53.6 Å². The number of thioether (sulfide) groups is 2. The molecule has 0 unspecified atom stereocenters. The topological polar surface area (TPSA) is 17.8 Å². The molecule has 1 fully saturated rings. The lowest BCUT2D eigenvalue weighted by Crippen LogP contribution is -2.22. The third kappa shape index (κ3) is 3.90. The van der Waals surface area contributed by atoms with Crippen LogP contribution in [0.4, 0.5) is 0 Å². The van der Waals surface area contributed by atoms with Crippen LogP contribution in [0.1, 0.15) is 29.5 Å². The van der Waals surface area contributed by atoms with E-state index in [-0.39, 0.29) is 0 Å². The molecule has 0 aliphatic carbocycles. The van der Waals surface area contributed by atoms with Crippen molar-refractivity contribution < 1.29 is 0 Å². The van der Waals surface area contributed by atoms with Crippen LogP contribution in [0.2, 0.25) is 0 Å². The molecule has 2 aromatic rings. The Morgan fingerprint density at radius 1 is 1.23 bits per heavy atom. The monoisotopic (exact) mass is 332 g/mol. The summed E-state index contributed by atoms with van der Waals surface area (Å²) in [7, 11) is 0. The van der Waals surface area contributed by atoms with Gasteiger partial charge in [0.15, 0.2) is 0 Å². The van der Waals surface area contributed by atoms with Gasteiger partial charge in [-0.3, -0.25) is 0 Å². The molecule has 4 heteroatoms. The van der Waals surface area contributed by atoms with E-state index in [0.29, 0.717) is 4.08 Å². The van der Waals surface area contributed by atoms with Crippen molar-refractivity contribution in [2.45, 2.75) is 43.7 Å². The minimum Gasteiger partial charge on any atom is -0.337 e. The van der Waals surface area contributed by atoms with Gasteiger partial charge >= 0.3 is 0 Å². The van der Waals surface area contributed by atoms with Gasteiger partial charge in [-0.1, -0.05) is 23.8 Å². The van der Waals surface area contributed by atoms with Crippen molar-refractivity contribution in [3.8, 4) is 0 Å². The Kier molecular flexibility index (Phi) is 5.19. The Morgan fingerprint density at radius 3 is 2.73 bits per heavy atom. The molecule has 0 N–H and O–H groups in total. The molecule has 1 saturated heterocycles. The summed E-state index contributed by atoms with van der Waals surface area (Å²) >= 11 is 4.35. The zero-order valence-corrected chi connectivity index (χ0v) is 15.1. The van der Waals surface area contributed by atoms with Crippen LogP contribution >= 0.6 is 23.5 Å². The van der Waals surface area contributed by atoms with Gasteiger partial charge in [0.05, 0.1) is 10.4 Å². The van der Waals surface area contributed by atoms with Gasteiger partial charge in [0.25, 0.3) is 0 Å². The number of imidazole rings is 1. The minimum absolute atomic E-state index is 0.376. The van der Waals surface area contributed by atoms with Crippen molar-refractivity contribution in [2.24, 2.45) is 0 Å². The second-order valence-corrected chi connectivity index (χ2v) is 9.33. The third-order valence-corrected chi connectivity index (χ3v) is 7.84. The first-order valence-electron chi connectivity index (χ1n) is 7.97. The van der Waals surface area contributed by atoms with Crippen LogP contribution < -0.4 is 0 Å². The van der Waals surface area contributed by atoms with Gasteiger partial charge in [-0.15, -0.1) is 23.5 Å². The first-order valence-corrected chi connectivity index (χ1v) is 9.94. The number of aromatic nitrogens is 2. The number of hydrogen-bond donors (Lipinski definition) is 0. The molecule has 1 aliphatic rings. The van der Waals surface area contributed by atoms with E-state index in [1.807, 2.05) is 12.5 Å². The predicted octanol–water partition coefficient (Wildman–Crippen LogP) is 4.70. The van der Waals surface area contributed by atoms with Crippen molar-refractivity contribution in [1.82, 2.24) is 9.55 Å². The van der Waals surface area contributed by atoms with E-state index in [1.165, 1.54) is 47.5 Å². The van der Waals surface area contributed by atoms with Gasteiger partial charge in [-0.25, -0.2) is 4.98 Å². The summed E-state index contributed by atoms with van der Waals surface area (Å²) in [5.41, 5.74) is 4.33. The van der Waals surface area contributed by atoms with Crippen LogP contribution in [0.25, 0.3) is 0 Å². The first kappa shape index (κ1) is 16.0. The molecule has 2 heterocycles. The standard InChI is InChI=1S/C18H24N2S2/c1-15-4-5-17(16(2)12-15)13-18(21-10-11-22-18)6-3-8-20-9-7-19-14-20/h4-5,7,9,12,14H,3,6,8,10-11,13H2,1-2H3. The van der Waals surface area contributed by atoms with E-state index >= 15 is 0 Å². The maximum atomic E-state index is 4.13. The van der Waals surface area contributed by atoms with Crippen LogP contribution in [0, 0.1) is 13.8 Å². The Bertz CT molecular complexity index is 602. The smallest absolute Gasteiger partial charge is 0.0945 e. The zero-order valence-electron chi connectivity index (χ0n) is 13.4. The summed E-state index contributed by atoms with van der Waals surface area (Å²) in [6.45, 7) is 5.51. The van der Waals surface area contributed by atoms with E-state index in [9.17, 15) is 0 Å². The molecular weight excluding hydrogens is 308 g/mol. The van der Waals surface area contributed by atoms with Crippen molar-refractivity contribution in [3.63, 3.8) is 0 Å². The van der Waals surface area contributed by atoms with Gasteiger partial charge in [-0.05, 0) is 44.2 Å². The zero-order chi connectivity index (χ0) is 15.4. The molecule has 0 atom stereocenters. The summed E-state index contributed by atoms with van der Waals surface area (Å²) in [6.07, 6.45) is 9.54. The average Bonchev–Trinajstić information content (AvgIpc) is 3.15. The van der Waals surface area contributed by atoms with Gasteiger partial charge in [0, 0.05) is 30.4 Å². The fourth-order valence-corrected chi connectivity index (χ4v) is 6.45. The second kappa shape index (κ2) is 7.14. The summed E-state index contributed by atoms with van der Waals surface area (Å²) in [5.74, 6) is 2.58. The molecule has 1 aromatic carbocycles. The quantitative estimate of drug-likeness (QED) is 0.763. The number of aryl methyl sites for hydroxylation is 3. The van der Waals surface area contributed by atoms with Gasteiger partial charge < -0.3 is 4.57 Å². The minimum atomic E-state index is 0.376. The Morgan fingerprint density at radius 2 is 2.05 bits per heavy atom. The highest BCUT2D eigenvalue weighted by Gasteiger charge is 2.35. The summed E-state index contributed by atoms with van der Waals surface area (Å²) in [5, 5.41) is 0. The van der Waals surface area contributed by atoms with E-state index in [0.717, 1.165) is 6.54 Å². The molecule has 0 bridgehead atoms. The highest BCUT2D eigenvalue weighted by Crippen LogP contribution is 2.49. The van der Waals surface area contributed by atoms with Gasteiger partial charge in [0.1, 0.15) is 0 Å². The normalized spacial score (nSPS) is 17.0. The maximum Gasteiger partial charge on any atom is 0.0945 e. The number of rotatable bonds is 6. The lowest BCUT2D eigenvalue weighted by atomic mass is 9.99. The van der Waals surface area contributed by atoms with E-state index in [4.69, 9.17) is 0 Å². The molecule has 3 rings (SSSR count). The fourth-order valence-electron chi connectivity index (χ4n) is 3.12. The molecule has 0 amide bonds. The lowest BCUT2D eigenvalue weighted by Gasteiger charge is -2.28. The van der Waals surface area contributed by atoms with Crippen LogP contribution in [0.5, 0.6) is 0 Å². The van der Waals surface area contributed by atoms with Crippen LogP contribution in [-0.4, -0.2) is 25.1 Å². The highest BCUT2D eigenvalue weighted by molar-refractivity contribution is 8.21. The lowest BCUT2D eigenvalue weighted by molar-refractivity contribution is 0.578. The largest absolute Gasteiger partial charge is 0.337 e. The number of hydrogen-bond acceptors (Lipinski definition) is 3. The third-order valence-electron chi connectivity index (χ3n) is 4.30. The second-order valence-electron chi connectivity index (χ2n) is 6.12. The van der Waals surface area contributed by atoms with Crippen molar-refractivity contribution >= 4 is 23.5 Å². The van der Waals surface area contributed by atoms with Gasteiger partial charge in [0.2, 0.25) is 0 Å². The number of benzene rings is 1. The van der Waals surface area contributed by atoms with Crippen LogP contribution in [0.3, 0.4) is 0 Å². The number of nitrogens with zero attached hydrogens (tertiary/aromatic N) is 2. The van der Waals surface area contributed by atoms with Gasteiger partial charge in [-0.2, -0.15) is 0 Å². The first-order chi connectivity index (χ1) is 10.7.